The van der Waals surface area contributed by atoms with E-state index in [9.17, 15) is 4.79 Å². The van der Waals surface area contributed by atoms with Gasteiger partial charge >= 0.3 is 0 Å². The van der Waals surface area contributed by atoms with Crippen LogP contribution in [0.3, 0.4) is 0 Å². The average Bonchev–Trinajstić information content (AvgIpc) is 2.34. The third kappa shape index (κ3) is 4.95. The summed E-state index contributed by atoms with van der Waals surface area (Å²) in [5.74, 6) is 0.0693. The van der Waals surface area contributed by atoms with Gasteiger partial charge in [0.15, 0.2) is 0 Å². The zero-order chi connectivity index (χ0) is 14.4. The molecule has 1 rings (SSSR count). The highest BCUT2D eigenvalue weighted by molar-refractivity contribution is 6.30. The minimum atomic E-state index is 0.0693. The number of rotatable bonds is 6. The molecule has 0 radical (unpaired) electrons. The van der Waals surface area contributed by atoms with Gasteiger partial charge in [0.25, 0.3) is 0 Å². The molecule has 0 aromatic heterocycles. The van der Waals surface area contributed by atoms with Gasteiger partial charge in [-0.3, -0.25) is 4.79 Å². The molecular weight excluding hydrogens is 260 g/mol. The molecule has 0 saturated heterocycles. The van der Waals surface area contributed by atoms with Crippen molar-refractivity contribution in [3.63, 3.8) is 0 Å². The molecule has 0 aliphatic carbocycles. The lowest BCUT2D eigenvalue weighted by Crippen LogP contribution is -2.36. The second kappa shape index (κ2) is 7.19. The number of likely N-dealkylation sites (N-methyl/N-ethyl adjacent to an activating group) is 1. The number of halogens is 1. The number of carbonyl (C=O) groups is 1. The Labute approximate surface area is 120 Å². The number of nitrogens with zero attached hydrogens (tertiary/aromatic N) is 1. The summed E-state index contributed by atoms with van der Waals surface area (Å²) in [6, 6.07) is 5.58. The molecule has 0 aliphatic heterocycles. The Bertz CT molecular complexity index is 471. The van der Waals surface area contributed by atoms with Crippen molar-refractivity contribution in [3.8, 4) is 0 Å². The smallest absolute Gasteiger partial charge is 0.242 e. The van der Waals surface area contributed by atoms with E-state index in [1.165, 1.54) is 0 Å². The van der Waals surface area contributed by atoms with Gasteiger partial charge in [-0.2, -0.15) is 0 Å². The van der Waals surface area contributed by atoms with Gasteiger partial charge in [-0.05, 0) is 44.5 Å². The van der Waals surface area contributed by atoms with Crippen LogP contribution in [0.15, 0.2) is 30.4 Å². The monoisotopic (exact) mass is 280 g/mol. The van der Waals surface area contributed by atoms with E-state index in [2.05, 4.69) is 11.9 Å². The molecule has 1 aromatic rings. The number of carbonyl (C=O) groups excluding carboxylic acids is 1. The Balaban J connectivity index is 2.60. The Hall–Kier alpha value is -1.48. The molecule has 1 amide bonds. The van der Waals surface area contributed by atoms with Crippen LogP contribution < -0.4 is 5.32 Å². The number of aryl methyl sites for hydroxylation is 1. The number of hydrogen-bond acceptors (Lipinski definition) is 2. The molecule has 0 aliphatic rings. The second-order valence-corrected chi connectivity index (χ2v) is 5.11. The van der Waals surface area contributed by atoms with E-state index in [0.29, 0.717) is 18.1 Å². The molecule has 104 valence electrons. The minimum Gasteiger partial charge on any atom is -0.376 e. The summed E-state index contributed by atoms with van der Waals surface area (Å²) in [6.07, 6.45) is 0. The molecule has 4 heteroatoms. The molecule has 0 saturated carbocycles. The lowest BCUT2D eigenvalue weighted by atomic mass is 10.2. The predicted octanol–water partition coefficient (Wildman–Crippen LogP) is 3.48. The topological polar surface area (TPSA) is 32.3 Å². The Morgan fingerprint density at radius 1 is 1.47 bits per heavy atom. The van der Waals surface area contributed by atoms with Crippen molar-refractivity contribution in [3.05, 3.63) is 40.9 Å². The maximum Gasteiger partial charge on any atom is 0.242 e. The largest absolute Gasteiger partial charge is 0.376 e. The molecule has 1 N–H and O–H groups in total. The van der Waals surface area contributed by atoms with Crippen molar-refractivity contribution < 1.29 is 4.79 Å². The molecule has 0 fully saturated rings. The quantitative estimate of drug-likeness (QED) is 0.809. The Morgan fingerprint density at radius 3 is 2.68 bits per heavy atom. The van der Waals surface area contributed by atoms with Crippen molar-refractivity contribution >= 4 is 23.2 Å². The summed E-state index contributed by atoms with van der Waals surface area (Å²) < 4.78 is 0. The van der Waals surface area contributed by atoms with Crippen LogP contribution in [0, 0.1) is 6.92 Å². The van der Waals surface area contributed by atoms with Crippen molar-refractivity contribution in [2.24, 2.45) is 0 Å². The highest BCUT2D eigenvalue weighted by Crippen LogP contribution is 2.19. The summed E-state index contributed by atoms with van der Waals surface area (Å²) in [6.45, 7) is 11.3. The van der Waals surface area contributed by atoms with E-state index in [0.717, 1.165) is 16.8 Å². The number of amides is 1. The standard InChI is InChI=1S/C15H21ClN2O/c1-5-18(10-11(2)3)15(19)9-17-14-7-6-13(16)8-12(14)4/h6-8,17H,2,5,9-10H2,1,3-4H3. The van der Waals surface area contributed by atoms with Gasteiger partial charge in [-0.15, -0.1) is 0 Å². The predicted molar refractivity (Wildman–Crippen MR) is 81.7 cm³/mol. The normalized spacial score (nSPS) is 10.1. The first-order valence-corrected chi connectivity index (χ1v) is 6.74. The SMILES string of the molecule is C=C(C)CN(CC)C(=O)CNc1ccc(Cl)cc1C. The summed E-state index contributed by atoms with van der Waals surface area (Å²) in [7, 11) is 0. The highest BCUT2D eigenvalue weighted by atomic mass is 35.5. The third-order valence-electron chi connectivity index (χ3n) is 2.81. The maximum atomic E-state index is 12.1. The summed E-state index contributed by atoms with van der Waals surface area (Å²) in [5, 5.41) is 3.85. The van der Waals surface area contributed by atoms with E-state index in [-0.39, 0.29) is 12.5 Å². The van der Waals surface area contributed by atoms with Gasteiger partial charge in [0, 0.05) is 23.8 Å². The van der Waals surface area contributed by atoms with Crippen molar-refractivity contribution in [2.75, 3.05) is 25.0 Å². The van der Waals surface area contributed by atoms with Crippen molar-refractivity contribution in [2.45, 2.75) is 20.8 Å². The molecule has 0 heterocycles. The van der Waals surface area contributed by atoms with E-state index < -0.39 is 0 Å². The first-order valence-electron chi connectivity index (χ1n) is 6.36. The van der Waals surface area contributed by atoms with Gasteiger partial charge in [-0.1, -0.05) is 23.8 Å². The third-order valence-corrected chi connectivity index (χ3v) is 3.05. The van der Waals surface area contributed by atoms with Crippen molar-refractivity contribution in [1.82, 2.24) is 4.90 Å². The molecule has 0 bridgehead atoms. The Morgan fingerprint density at radius 2 is 2.16 bits per heavy atom. The number of nitrogens with one attached hydrogen (secondary N) is 1. The molecule has 0 atom stereocenters. The number of benzene rings is 1. The molecule has 19 heavy (non-hydrogen) atoms. The first kappa shape index (κ1) is 15.6. The van der Waals surface area contributed by atoms with E-state index in [1.54, 1.807) is 4.90 Å². The fraction of sp³-hybridized carbons (Fsp3) is 0.400. The van der Waals surface area contributed by atoms with E-state index >= 15 is 0 Å². The second-order valence-electron chi connectivity index (χ2n) is 4.68. The first-order chi connectivity index (χ1) is 8.93. The number of anilines is 1. The van der Waals surface area contributed by atoms with Gasteiger partial charge in [0.05, 0.1) is 6.54 Å². The molecular formula is C15H21ClN2O. The molecule has 0 unspecified atom stereocenters. The fourth-order valence-electron chi connectivity index (χ4n) is 1.81. The van der Waals surface area contributed by atoms with Crippen LogP contribution in [0.1, 0.15) is 19.4 Å². The van der Waals surface area contributed by atoms with Crippen LogP contribution in [0.2, 0.25) is 5.02 Å². The lowest BCUT2D eigenvalue weighted by molar-refractivity contribution is -0.128. The summed E-state index contributed by atoms with van der Waals surface area (Å²) in [4.78, 5) is 13.8. The van der Waals surface area contributed by atoms with E-state index in [1.807, 2.05) is 39.0 Å². The van der Waals surface area contributed by atoms with Crippen LogP contribution in [0.4, 0.5) is 5.69 Å². The van der Waals surface area contributed by atoms with Crippen molar-refractivity contribution in [1.29, 1.82) is 0 Å². The summed E-state index contributed by atoms with van der Waals surface area (Å²) >= 11 is 5.90. The van der Waals surface area contributed by atoms with Crippen LogP contribution >= 0.6 is 11.6 Å². The van der Waals surface area contributed by atoms with Crippen LogP contribution in [-0.2, 0) is 4.79 Å². The molecule has 0 spiro atoms. The lowest BCUT2D eigenvalue weighted by Gasteiger charge is -2.21. The van der Waals surface area contributed by atoms with Crippen LogP contribution in [-0.4, -0.2) is 30.4 Å². The van der Waals surface area contributed by atoms with Gasteiger partial charge in [0.2, 0.25) is 5.91 Å². The zero-order valence-corrected chi connectivity index (χ0v) is 12.5. The summed E-state index contributed by atoms with van der Waals surface area (Å²) in [5.41, 5.74) is 2.95. The van der Waals surface area contributed by atoms with Gasteiger partial charge in [-0.25, -0.2) is 0 Å². The molecule has 3 nitrogen and oxygen atoms in total. The van der Waals surface area contributed by atoms with E-state index in [4.69, 9.17) is 11.6 Å². The Kier molecular flexibility index (Phi) is 5.90. The number of hydrogen-bond donors (Lipinski definition) is 1. The minimum absolute atomic E-state index is 0.0693. The average molecular weight is 281 g/mol. The zero-order valence-electron chi connectivity index (χ0n) is 11.8. The van der Waals surface area contributed by atoms with Crippen LogP contribution in [0.25, 0.3) is 0 Å². The fourth-order valence-corrected chi connectivity index (χ4v) is 2.04. The highest BCUT2D eigenvalue weighted by Gasteiger charge is 2.11. The van der Waals surface area contributed by atoms with Gasteiger partial charge < -0.3 is 10.2 Å². The molecule has 1 aromatic carbocycles. The van der Waals surface area contributed by atoms with Crippen LogP contribution in [0.5, 0.6) is 0 Å². The van der Waals surface area contributed by atoms with Gasteiger partial charge in [0.1, 0.15) is 0 Å². The maximum absolute atomic E-state index is 12.1.